The monoisotopic (exact) mass is 552 g/mol. The lowest BCUT2D eigenvalue weighted by Gasteiger charge is -2.48. The maximum atomic E-state index is 14.5. The second-order valence-electron chi connectivity index (χ2n) is 11.2. The van der Waals surface area contributed by atoms with Crippen LogP contribution in [0.3, 0.4) is 0 Å². The summed E-state index contributed by atoms with van der Waals surface area (Å²) in [6.45, 7) is 1.36. The van der Waals surface area contributed by atoms with E-state index in [1.807, 2.05) is 78.9 Å². The maximum absolute atomic E-state index is 14.5. The lowest BCUT2D eigenvalue weighted by Crippen LogP contribution is -2.60. The number of ether oxygens (including phenoxy) is 1. The van der Waals surface area contributed by atoms with Gasteiger partial charge in [-0.3, -0.25) is 4.79 Å². The van der Waals surface area contributed by atoms with Crippen molar-refractivity contribution in [3.05, 3.63) is 161 Å². The fraction of sp³-hybridized carbons (Fsp3) is 0.162. The van der Waals surface area contributed by atoms with E-state index < -0.39 is 11.0 Å². The number of likely N-dealkylation sites (N-methyl/N-ethyl adjacent to an activating group) is 1. The van der Waals surface area contributed by atoms with Crippen LogP contribution >= 0.6 is 0 Å². The predicted octanol–water partition coefficient (Wildman–Crippen LogP) is 6.44. The number of benzene rings is 5. The SMILES string of the molecule is CN1C(=O)[C@]2(c3ccc(N(Cc4ccccc4)Cc4ccccc4)cc3OC[C@]2(O)c2ccccc2)c2ccccc21. The average molecular weight is 553 g/mol. The van der Waals surface area contributed by atoms with Crippen LogP contribution in [0.4, 0.5) is 11.4 Å². The van der Waals surface area contributed by atoms with Gasteiger partial charge in [0.1, 0.15) is 23.4 Å². The Morgan fingerprint density at radius 2 is 1.31 bits per heavy atom. The van der Waals surface area contributed by atoms with Crippen LogP contribution in [-0.2, 0) is 28.9 Å². The molecule has 5 heteroatoms. The molecule has 7 rings (SSSR count). The summed E-state index contributed by atoms with van der Waals surface area (Å²) in [7, 11) is 1.78. The van der Waals surface area contributed by atoms with E-state index in [4.69, 9.17) is 4.74 Å². The van der Waals surface area contributed by atoms with E-state index in [-0.39, 0.29) is 12.5 Å². The van der Waals surface area contributed by atoms with Crippen LogP contribution in [0.15, 0.2) is 133 Å². The van der Waals surface area contributed by atoms with Crippen LogP contribution in [0.5, 0.6) is 5.75 Å². The number of carbonyl (C=O) groups excluding carboxylic acids is 1. The summed E-state index contributed by atoms with van der Waals surface area (Å²) in [6.07, 6.45) is 0. The van der Waals surface area contributed by atoms with Gasteiger partial charge in [0.05, 0.1) is 0 Å². The van der Waals surface area contributed by atoms with Gasteiger partial charge in [-0.05, 0) is 34.4 Å². The molecule has 2 heterocycles. The van der Waals surface area contributed by atoms with E-state index in [0.717, 1.165) is 16.9 Å². The predicted molar refractivity (Wildman–Crippen MR) is 166 cm³/mol. The van der Waals surface area contributed by atoms with Gasteiger partial charge in [-0.15, -0.1) is 0 Å². The van der Waals surface area contributed by atoms with Crippen molar-refractivity contribution < 1.29 is 14.6 Å². The van der Waals surface area contributed by atoms with Crippen LogP contribution in [0.25, 0.3) is 0 Å². The zero-order valence-corrected chi connectivity index (χ0v) is 23.5. The van der Waals surface area contributed by atoms with E-state index >= 15 is 0 Å². The topological polar surface area (TPSA) is 53.0 Å². The van der Waals surface area contributed by atoms with Gasteiger partial charge < -0.3 is 19.6 Å². The zero-order valence-electron chi connectivity index (χ0n) is 23.5. The van der Waals surface area contributed by atoms with Crippen molar-refractivity contribution in [3.63, 3.8) is 0 Å². The first-order chi connectivity index (χ1) is 20.5. The Hall–Kier alpha value is -4.87. The Kier molecular flexibility index (Phi) is 6.33. The van der Waals surface area contributed by atoms with Gasteiger partial charge in [-0.25, -0.2) is 0 Å². The summed E-state index contributed by atoms with van der Waals surface area (Å²) in [4.78, 5) is 18.5. The molecule has 1 amide bonds. The number of amides is 1. The van der Waals surface area contributed by atoms with Gasteiger partial charge in [0.15, 0.2) is 0 Å². The van der Waals surface area contributed by atoms with Gasteiger partial charge >= 0.3 is 0 Å². The molecule has 42 heavy (non-hydrogen) atoms. The van der Waals surface area contributed by atoms with Crippen molar-refractivity contribution in [1.29, 1.82) is 0 Å². The molecule has 2 aliphatic heterocycles. The molecule has 0 saturated heterocycles. The third kappa shape index (κ3) is 3.92. The fourth-order valence-corrected chi connectivity index (χ4v) is 6.73. The molecule has 5 aromatic carbocycles. The van der Waals surface area contributed by atoms with Crippen LogP contribution in [-0.4, -0.2) is 24.7 Å². The Morgan fingerprint density at radius 1 is 0.738 bits per heavy atom. The van der Waals surface area contributed by atoms with E-state index in [9.17, 15) is 9.90 Å². The average Bonchev–Trinajstić information content (AvgIpc) is 3.27. The van der Waals surface area contributed by atoms with Crippen LogP contribution in [0, 0.1) is 0 Å². The second-order valence-corrected chi connectivity index (χ2v) is 11.2. The number of nitrogens with zero attached hydrogens (tertiary/aromatic N) is 2. The summed E-state index contributed by atoms with van der Waals surface area (Å²) in [5.41, 5.74) is 3.29. The van der Waals surface area contributed by atoms with Crippen LogP contribution < -0.4 is 14.5 Å². The molecule has 0 fully saturated rings. The Balaban J connectivity index is 1.40. The van der Waals surface area contributed by atoms with Gasteiger partial charge in [0.25, 0.3) is 0 Å². The van der Waals surface area contributed by atoms with Gasteiger partial charge in [-0.2, -0.15) is 0 Å². The Labute approximate surface area is 246 Å². The molecule has 0 unspecified atom stereocenters. The molecule has 0 bridgehead atoms. The molecule has 0 radical (unpaired) electrons. The minimum atomic E-state index is -1.62. The first kappa shape index (κ1) is 26.1. The first-order valence-electron chi connectivity index (χ1n) is 14.3. The molecule has 0 saturated carbocycles. The lowest BCUT2D eigenvalue weighted by molar-refractivity contribution is -0.138. The standard InChI is InChI=1S/C37H32N2O3/c1-38-33-20-12-11-19-31(33)37(35(38)40)32-22-21-30(23-34(32)42-26-36(37,41)29-17-9-4-10-18-29)39(24-27-13-5-2-6-14-27)25-28-15-7-3-8-16-28/h2-23,41H,24-26H2,1H3/t36-,37+/m0/s1. The second kappa shape index (κ2) is 10.2. The number of para-hydroxylation sites is 1. The smallest absolute Gasteiger partial charge is 0.245 e. The van der Waals surface area contributed by atoms with Crippen molar-refractivity contribution in [2.45, 2.75) is 24.1 Å². The fourth-order valence-electron chi connectivity index (χ4n) is 6.73. The molecule has 1 N–H and O–H groups in total. The number of carbonyl (C=O) groups is 1. The highest BCUT2D eigenvalue weighted by Gasteiger charge is 2.67. The highest BCUT2D eigenvalue weighted by Crippen LogP contribution is 2.59. The van der Waals surface area contributed by atoms with Crippen molar-refractivity contribution in [2.24, 2.45) is 0 Å². The van der Waals surface area contributed by atoms with Crippen molar-refractivity contribution >= 4 is 17.3 Å². The molecule has 5 nitrogen and oxygen atoms in total. The quantitative estimate of drug-likeness (QED) is 0.264. The molecule has 2 atom stereocenters. The molecule has 5 aromatic rings. The number of rotatable bonds is 6. The van der Waals surface area contributed by atoms with Crippen molar-refractivity contribution in [1.82, 2.24) is 0 Å². The van der Waals surface area contributed by atoms with E-state index in [1.165, 1.54) is 11.1 Å². The van der Waals surface area contributed by atoms with Crippen LogP contribution in [0.1, 0.15) is 27.8 Å². The van der Waals surface area contributed by atoms with E-state index in [0.29, 0.717) is 30.0 Å². The number of hydrogen-bond acceptors (Lipinski definition) is 4. The largest absolute Gasteiger partial charge is 0.490 e. The summed E-state index contributed by atoms with van der Waals surface area (Å²) in [5, 5.41) is 12.7. The van der Waals surface area contributed by atoms with Crippen molar-refractivity contribution in [3.8, 4) is 5.75 Å². The van der Waals surface area contributed by atoms with Gasteiger partial charge in [0.2, 0.25) is 5.91 Å². The Morgan fingerprint density at radius 3 is 1.95 bits per heavy atom. The molecule has 0 aliphatic carbocycles. The summed E-state index contributed by atoms with van der Waals surface area (Å²) >= 11 is 0. The summed E-state index contributed by atoms with van der Waals surface area (Å²) in [5.74, 6) is 0.440. The summed E-state index contributed by atoms with van der Waals surface area (Å²) in [6, 6.07) is 44.1. The zero-order chi connectivity index (χ0) is 28.7. The molecule has 1 spiro atoms. The molecule has 2 aliphatic rings. The highest BCUT2D eigenvalue weighted by atomic mass is 16.5. The third-order valence-corrected chi connectivity index (χ3v) is 8.77. The minimum Gasteiger partial charge on any atom is -0.490 e. The number of hydrogen-bond donors (Lipinski definition) is 1. The molecular formula is C37H32N2O3. The number of fused-ring (bicyclic) bond motifs is 4. The van der Waals surface area contributed by atoms with E-state index in [2.05, 4.69) is 59.5 Å². The van der Waals surface area contributed by atoms with Crippen LogP contribution in [0.2, 0.25) is 0 Å². The van der Waals surface area contributed by atoms with Crippen molar-refractivity contribution in [2.75, 3.05) is 23.5 Å². The Bertz CT molecular complexity index is 1700. The molecular weight excluding hydrogens is 520 g/mol. The minimum absolute atomic E-state index is 0.0568. The maximum Gasteiger partial charge on any atom is 0.245 e. The summed E-state index contributed by atoms with van der Waals surface area (Å²) < 4.78 is 6.42. The highest BCUT2D eigenvalue weighted by molar-refractivity contribution is 6.12. The molecule has 208 valence electrons. The third-order valence-electron chi connectivity index (χ3n) is 8.77. The van der Waals surface area contributed by atoms with E-state index in [1.54, 1.807) is 11.9 Å². The number of anilines is 2. The number of aliphatic hydroxyl groups is 1. The van der Waals surface area contributed by atoms with Gasteiger partial charge in [-0.1, -0.05) is 115 Å². The molecule has 0 aromatic heterocycles. The normalized spacial score (nSPS) is 20.6. The van der Waals surface area contributed by atoms with Gasteiger partial charge in [0, 0.05) is 43.1 Å². The lowest BCUT2D eigenvalue weighted by atomic mass is 9.60. The first-order valence-corrected chi connectivity index (χ1v) is 14.3.